The van der Waals surface area contributed by atoms with Gasteiger partial charge in [-0.1, -0.05) is 66.7 Å². The molecule has 0 saturated carbocycles. The number of ether oxygens (including phenoxy) is 3. The minimum Gasteiger partial charge on any atom is -0.467 e. The maximum absolute atomic E-state index is 12.9. The van der Waals surface area contributed by atoms with Crippen LogP contribution in [0.2, 0.25) is 0 Å². The molecule has 2 aliphatic rings. The number of hydrogen-bond acceptors (Lipinski definition) is 10. The quantitative estimate of drug-likeness (QED) is 0.0995. The number of benzene rings is 4. The summed E-state index contributed by atoms with van der Waals surface area (Å²) in [7, 11) is 1.29. The Kier molecular flexibility index (Phi) is 12.1. The normalized spacial score (nSPS) is 19.7. The number of urea groups is 1. The Morgan fingerprint density at radius 2 is 1.56 bits per heavy atom. The van der Waals surface area contributed by atoms with E-state index in [0.29, 0.717) is 18.7 Å². The van der Waals surface area contributed by atoms with Crippen molar-refractivity contribution in [2.24, 2.45) is 0 Å². The number of carbonyl (C=O) groups excluding carboxylic acids is 2. The van der Waals surface area contributed by atoms with Gasteiger partial charge < -0.3 is 34.9 Å². The second-order valence-electron chi connectivity index (χ2n) is 12.9. The van der Waals surface area contributed by atoms with Gasteiger partial charge in [-0.25, -0.2) is 9.59 Å². The summed E-state index contributed by atoms with van der Waals surface area (Å²) in [6, 6.07) is 29.6. The number of piperazine rings is 1. The van der Waals surface area contributed by atoms with Crippen molar-refractivity contribution in [2.45, 2.75) is 44.0 Å². The van der Waals surface area contributed by atoms with Crippen LogP contribution in [0.15, 0.2) is 103 Å². The molecule has 0 radical (unpaired) electrons. The van der Waals surface area contributed by atoms with Crippen molar-refractivity contribution >= 4 is 29.1 Å². The zero-order valence-electron chi connectivity index (χ0n) is 28.9. The third-order valence-electron chi connectivity index (χ3n) is 9.39. The molecule has 3 N–H and O–H groups in total. The van der Waals surface area contributed by atoms with E-state index in [2.05, 4.69) is 20.4 Å². The number of aliphatic hydroxyl groups excluding tert-OH is 1. The first-order valence-electron chi connectivity index (χ1n) is 17.3. The van der Waals surface area contributed by atoms with Gasteiger partial charge in [0, 0.05) is 74.6 Å². The van der Waals surface area contributed by atoms with Crippen LogP contribution in [0.4, 0.5) is 21.9 Å². The number of anilines is 2. The molecule has 52 heavy (non-hydrogen) atoms. The molecule has 0 bridgehead atoms. The average Bonchev–Trinajstić information content (AvgIpc) is 3.18. The van der Waals surface area contributed by atoms with E-state index in [1.54, 1.807) is 24.3 Å². The van der Waals surface area contributed by atoms with Crippen LogP contribution in [0.3, 0.4) is 0 Å². The van der Waals surface area contributed by atoms with Crippen LogP contribution in [0, 0.1) is 10.1 Å². The van der Waals surface area contributed by atoms with Crippen molar-refractivity contribution in [3.05, 3.63) is 135 Å². The van der Waals surface area contributed by atoms with E-state index in [9.17, 15) is 24.8 Å². The second-order valence-corrected chi connectivity index (χ2v) is 12.9. The number of aliphatic hydroxyl groups is 1. The Morgan fingerprint density at radius 3 is 2.19 bits per heavy atom. The highest BCUT2D eigenvalue weighted by molar-refractivity contribution is 5.92. The van der Waals surface area contributed by atoms with E-state index in [0.717, 1.165) is 54.1 Å². The van der Waals surface area contributed by atoms with E-state index in [4.69, 9.17) is 14.2 Å². The molecule has 2 saturated heterocycles. The van der Waals surface area contributed by atoms with Crippen molar-refractivity contribution in [2.75, 3.05) is 50.1 Å². The molecule has 0 aliphatic carbocycles. The summed E-state index contributed by atoms with van der Waals surface area (Å²) >= 11 is 0. The molecule has 2 heterocycles. The van der Waals surface area contributed by atoms with Crippen LogP contribution in [0.25, 0.3) is 0 Å². The summed E-state index contributed by atoms with van der Waals surface area (Å²) in [5, 5.41) is 26.1. The first kappa shape index (κ1) is 36.5. The van der Waals surface area contributed by atoms with Crippen LogP contribution in [0.5, 0.6) is 0 Å². The molecule has 4 aromatic carbocycles. The molecule has 13 heteroatoms. The van der Waals surface area contributed by atoms with Gasteiger partial charge in [0.25, 0.3) is 5.69 Å². The van der Waals surface area contributed by atoms with E-state index in [-0.39, 0.29) is 30.9 Å². The maximum Gasteiger partial charge on any atom is 0.328 e. The first-order valence-corrected chi connectivity index (χ1v) is 17.3. The fourth-order valence-corrected chi connectivity index (χ4v) is 6.53. The molecule has 0 aromatic heterocycles. The lowest BCUT2D eigenvalue weighted by Gasteiger charge is -2.41. The van der Waals surface area contributed by atoms with E-state index in [1.807, 2.05) is 66.7 Å². The highest BCUT2D eigenvalue weighted by atomic mass is 16.7. The van der Waals surface area contributed by atoms with Crippen molar-refractivity contribution in [1.82, 2.24) is 10.2 Å². The summed E-state index contributed by atoms with van der Waals surface area (Å²) in [6.07, 6.45) is -0.129. The number of hydrogen-bond donors (Lipinski definition) is 3. The molecule has 2 aliphatic heterocycles. The number of nitro groups is 1. The molecular formula is C39H43N5O8. The minimum absolute atomic E-state index is 0.0409. The van der Waals surface area contributed by atoms with Crippen LogP contribution < -0.4 is 15.5 Å². The van der Waals surface area contributed by atoms with Crippen molar-refractivity contribution in [1.29, 1.82) is 0 Å². The van der Waals surface area contributed by atoms with Crippen molar-refractivity contribution in [3.8, 4) is 0 Å². The van der Waals surface area contributed by atoms with Gasteiger partial charge >= 0.3 is 12.0 Å². The molecule has 0 spiro atoms. The van der Waals surface area contributed by atoms with E-state index in [1.165, 1.54) is 19.2 Å². The Bertz CT molecular complexity index is 1780. The van der Waals surface area contributed by atoms with E-state index >= 15 is 0 Å². The molecular weight excluding hydrogens is 666 g/mol. The van der Waals surface area contributed by atoms with E-state index < -0.39 is 29.3 Å². The van der Waals surface area contributed by atoms with Gasteiger partial charge in [0.2, 0.25) is 0 Å². The fraction of sp³-hybridized carbons (Fsp3) is 0.333. The largest absolute Gasteiger partial charge is 0.467 e. The number of nitrogens with one attached hydrogen (secondary N) is 2. The zero-order chi connectivity index (χ0) is 36.5. The van der Waals surface area contributed by atoms with Gasteiger partial charge in [-0.05, 0) is 41.0 Å². The number of rotatable bonds is 12. The SMILES string of the molecule is COC(=O)[C@H](Cc1ccccc1)NC(=O)Nc1ccc([C@@H]2O[C@H](CN3CCN(c4ccc([N+](=O)[O-])cc4)CC3)C[C@H](c3ccc(CO)cc3)O2)cc1. The number of esters is 1. The number of non-ortho nitro benzene ring substituents is 1. The van der Waals surface area contributed by atoms with Gasteiger partial charge in [0.15, 0.2) is 6.29 Å². The Morgan fingerprint density at radius 1 is 0.885 bits per heavy atom. The van der Waals surface area contributed by atoms with Crippen LogP contribution in [0.1, 0.15) is 41.1 Å². The highest BCUT2D eigenvalue weighted by Crippen LogP contribution is 2.38. The van der Waals surface area contributed by atoms with Crippen molar-refractivity contribution in [3.63, 3.8) is 0 Å². The molecule has 2 fully saturated rings. The topological polar surface area (TPSA) is 156 Å². The first-order chi connectivity index (χ1) is 25.3. The Hall–Kier alpha value is -5.34. The van der Waals surface area contributed by atoms with Gasteiger partial charge in [-0.2, -0.15) is 0 Å². The molecule has 2 amide bonds. The lowest BCUT2D eigenvalue weighted by Crippen LogP contribution is -2.49. The van der Waals surface area contributed by atoms with Gasteiger partial charge in [0.1, 0.15) is 6.04 Å². The Labute approximate surface area is 302 Å². The molecule has 6 rings (SSSR count). The predicted octanol–water partition coefficient (Wildman–Crippen LogP) is 5.36. The third kappa shape index (κ3) is 9.50. The lowest BCUT2D eigenvalue weighted by molar-refractivity contribution is -0.384. The molecule has 272 valence electrons. The maximum atomic E-state index is 12.9. The monoisotopic (exact) mass is 709 g/mol. The predicted molar refractivity (Wildman–Crippen MR) is 195 cm³/mol. The zero-order valence-corrected chi connectivity index (χ0v) is 28.9. The molecule has 4 aromatic rings. The standard InChI is InChI=1S/C39H43N5O8/c1-50-37(46)35(23-27-5-3-2-4-6-27)41-39(47)40-31-13-11-30(12-14-31)38-51-34(24-36(52-38)29-9-7-28(26-45)8-10-29)25-42-19-21-43(22-20-42)32-15-17-33(18-16-32)44(48)49/h2-18,34-36,38,45H,19-26H2,1H3,(H2,40,41,47)/t34-,35-,36+,38+/m0/s1. The van der Waals surface area contributed by atoms with Crippen molar-refractivity contribution < 1.29 is 33.8 Å². The molecule has 4 atom stereocenters. The fourth-order valence-electron chi connectivity index (χ4n) is 6.53. The Balaban J connectivity index is 1.09. The average molecular weight is 710 g/mol. The highest BCUT2D eigenvalue weighted by Gasteiger charge is 2.34. The summed E-state index contributed by atoms with van der Waals surface area (Å²) in [5.41, 5.74) is 5.05. The van der Waals surface area contributed by atoms with Gasteiger partial charge in [-0.3, -0.25) is 15.0 Å². The summed E-state index contributed by atoms with van der Waals surface area (Å²) in [4.78, 5) is 40.6. The van der Waals surface area contributed by atoms with Crippen LogP contribution in [-0.2, 0) is 32.0 Å². The van der Waals surface area contributed by atoms with Gasteiger partial charge in [0.05, 0.1) is 30.8 Å². The van der Waals surface area contributed by atoms with Crippen LogP contribution in [-0.4, -0.2) is 78.9 Å². The number of nitrogens with zero attached hydrogens (tertiary/aromatic N) is 3. The number of carbonyl (C=O) groups is 2. The molecule has 13 nitrogen and oxygen atoms in total. The number of nitro benzene ring substituents is 1. The second kappa shape index (κ2) is 17.2. The lowest BCUT2D eigenvalue weighted by atomic mass is 9.99. The smallest absolute Gasteiger partial charge is 0.328 e. The third-order valence-corrected chi connectivity index (χ3v) is 9.39. The summed E-state index contributed by atoms with van der Waals surface area (Å²) < 4.78 is 18.0. The summed E-state index contributed by atoms with van der Waals surface area (Å²) in [5.74, 6) is -0.539. The summed E-state index contributed by atoms with van der Waals surface area (Å²) in [6.45, 7) is 3.84. The number of methoxy groups -OCH3 is 1. The van der Waals surface area contributed by atoms with Gasteiger partial charge in [-0.15, -0.1) is 0 Å². The van der Waals surface area contributed by atoms with Crippen LogP contribution >= 0.6 is 0 Å². The molecule has 0 unspecified atom stereocenters. The minimum atomic E-state index is -0.860. The number of amides is 2.